The van der Waals surface area contributed by atoms with Gasteiger partial charge in [0.1, 0.15) is 0 Å². The Balaban J connectivity index is 3.86. The molecule has 0 saturated carbocycles. The zero-order chi connectivity index (χ0) is 10.5. The first-order chi connectivity index (χ1) is 6.91. The third kappa shape index (κ3) is 10.0. The Morgan fingerprint density at radius 3 is 2.36 bits per heavy atom. The van der Waals surface area contributed by atoms with Crippen molar-refractivity contribution in [2.45, 2.75) is 0 Å². The number of allylic oxidation sites excluding steroid dienone is 6. The van der Waals surface area contributed by atoms with Crippen molar-refractivity contribution in [2.75, 3.05) is 6.61 Å². The number of aliphatic hydroxyl groups is 1. The molecule has 0 spiro atoms. The van der Waals surface area contributed by atoms with Gasteiger partial charge < -0.3 is 5.11 Å². The Hall–Kier alpha value is -1.96. The van der Waals surface area contributed by atoms with Crippen molar-refractivity contribution in [3.05, 3.63) is 49.1 Å². The van der Waals surface area contributed by atoms with Gasteiger partial charge in [0.25, 0.3) is 0 Å². The molecule has 1 heteroatoms. The molecule has 70 valence electrons. The number of hydrogen-bond donors (Lipinski definition) is 1. The second-order valence-electron chi connectivity index (χ2n) is 2.10. The highest BCUT2D eigenvalue weighted by molar-refractivity contribution is 5.34. The summed E-state index contributed by atoms with van der Waals surface area (Å²) in [7, 11) is 0. The molecule has 0 saturated heterocycles. The van der Waals surface area contributed by atoms with Crippen LogP contribution in [0.2, 0.25) is 0 Å². The fraction of sp³-hybridized carbons (Fsp3) is 0.0769. The third-order valence-electron chi connectivity index (χ3n) is 1.05. The first kappa shape index (κ1) is 12.0. The SMILES string of the molecule is C=C/C=C/C=C/C#CC#C/C=C/CO. The zero-order valence-electron chi connectivity index (χ0n) is 7.90. The minimum Gasteiger partial charge on any atom is -0.392 e. The molecule has 1 N–H and O–H groups in total. The van der Waals surface area contributed by atoms with Gasteiger partial charge in [0, 0.05) is 0 Å². The van der Waals surface area contributed by atoms with Crippen molar-refractivity contribution in [1.29, 1.82) is 0 Å². The second-order valence-corrected chi connectivity index (χ2v) is 2.10. The molecule has 0 aliphatic carbocycles. The summed E-state index contributed by atoms with van der Waals surface area (Å²) in [5.41, 5.74) is 0. The van der Waals surface area contributed by atoms with E-state index < -0.39 is 0 Å². The van der Waals surface area contributed by atoms with E-state index in [9.17, 15) is 0 Å². The van der Waals surface area contributed by atoms with Crippen LogP contribution >= 0.6 is 0 Å². The Morgan fingerprint density at radius 1 is 1.00 bits per heavy atom. The molecule has 0 aliphatic rings. The molecule has 0 aromatic heterocycles. The van der Waals surface area contributed by atoms with E-state index in [0.717, 1.165) is 0 Å². The van der Waals surface area contributed by atoms with Gasteiger partial charge in [-0.3, -0.25) is 0 Å². The van der Waals surface area contributed by atoms with Crippen molar-refractivity contribution >= 4 is 0 Å². The summed E-state index contributed by atoms with van der Waals surface area (Å²) in [5.74, 6) is 10.6. The van der Waals surface area contributed by atoms with Gasteiger partial charge in [0.05, 0.1) is 6.61 Å². The van der Waals surface area contributed by atoms with Gasteiger partial charge in [-0.05, 0) is 24.0 Å². The minimum absolute atomic E-state index is 0.00829. The van der Waals surface area contributed by atoms with Gasteiger partial charge >= 0.3 is 0 Å². The van der Waals surface area contributed by atoms with Gasteiger partial charge in [0.2, 0.25) is 0 Å². The Bertz CT molecular complexity index is 348. The van der Waals surface area contributed by atoms with E-state index in [1.807, 2.05) is 12.2 Å². The molecular weight excluding hydrogens is 172 g/mol. The first-order valence-corrected chi connectivity index (χ1v) is 4.13. The molecule has 0 rings (SSSR count). The molecule has 0 radical (unpaired) electrons. The molecular formula is C13H12O. The second kappa shape index (κ2) is 11.0. The standard InChI is InChI=1S/C13H12O/c1-2-3-4-5-6-7-8-9-10-11-12-13-14/h2-6,11-12,14H,1,13H2/b4-3+,6-5+,12-11+. The summed E-state index contributed by atoms with van der Waals surface area (Å²) in [6.07, 6.45) is 12.0. The summed E-state index contributed by atoms with van der Waals surface area (Å²) in [6.45, 7) is 3.54. The number of rotatable bonds is 3. The molecule has 0 unspecified atom stereocenters. The fourth-order valence-electron chi connectivity index (χ4n) is 0.514. The van der Waals surface area contributed by atoms with Crippen molar-refractivity contribution in [3.8, 4) is 23.7 Å². The van der Waals surface area contributed by atoms with E-state index in [-0.39, 0.29) is 6.61 Å². The molecule has 0 bridgehead atoms. The molecule has 14 heavy (non-hydrogen) atoms. The maximum absolute atomic E-state index is 8.37. The van der Waals surface area contributed by atoms with Crippen LogP contribution in [0, 0.1) is 23.7 Å². The summed E-state index contributed by atoms with van der Waals surface area (Å²) < 4.78 is 0. The Kier molecular flexibility index (Phi) is 9.49. The largest absolute Gasteiger partial charge is 0.392 e. The molecule has 0 aromatic rings. The Labute approximate surface area is 85.2 Å². The molecule has 0 aromatic carbocycles. The predicted molar refractivity (Wildman–Crippen MR) is 60.3 cm³/mol. The van der Waals surface area contributed by atoms with Crippen molar-refractivity contribution in [2.24, 2.45) is 0 Å². The van der Waals surface area contributed by atoms with Crippen LogP contribution in [-0.4, -0.2) is 11.7 Å². The van der Waals surface area contributed by atoms with Crippen molar-refractivity contribution in [1.82, 2.24) is 0 Å². The van der Waals surface area contributed by atoms with Gasteiger partial charge in [0.15, 0.2) is 0 Å². The maximum Gasteiger partial charge on any atom is 0.0621 e. The first-order valence-electron chi connectivity index (χ1n) is 4.13. The number of hydrogen-bond acceptors (Lipinski definition) is 1. The normalized spacial score (nSPS) is 9.79. The van der Waals surface area contributed by atoms with E-state index in [1.165, 1.54) is 0 Å². The van der Waals surface area contributed by atoms with Crippen LogP contribution in [0.5, 0.6) is 0 Å². The van der Waals surface area contributed by atoms with Crippen LogP contribution in [0.25, 0.3) is 0 Å². The lowest BCUT2D eigenvalue weighted by atomic mass is 10.4. The van der Waals surface area contributed by atoms with Gasteiger partial charge in [-0.15, -0.1) is 0 Å². The molecule has 1 nitrogen and oxygen atoms in total. The smallest absolute Gasteiger partial charge is 0.0621 e. The highest BCUT2D eigenvalue weighted by Gasteiger charge is 1.61. The Morgan fingerprint density at radius 2 is 1.71 bits per heavy atom. The van der Waals surface area contributed by atoms with Crippen LogP contribution in [-0.2, 0) is 0 Å². The third-order valence-corrected chi connectivity index (χ3v) is 1.05. The highest BCUT2D eigenvalue weighted by Crippen LogP contribution is 1.75. The van der Waals surface area contributed by atoms with Crippen LogP contribution in [0.3, 0.4) is 0 Å². The summed E-state index contributed by atoms with van der Waals surface area (Å²) in [6, 6.07) is 0. The molecule has 0 atom stereocenters. The van der Waals surface area contributed by atoms with Crippen LogP contribution in [0.1, 0.15) is 0 Å². The van der Waals surface area contributed by atoms with Gasteiger partial charge in [-0.25, -0.2) is 0 Å². The summed E-state index contributed by atoms with van der Waals surface area (Å²) in [4.78, 5) is 0. The lowest BCUT2D eigenvalue weighted by Crippen LogP contribution is -1.67. The molecule has 0 heterocycles. The lowest BCUT2D eigenvalue weighted by Gasteiger charge is -1.68. The zero-order valence-corrected chi connectivity index (χ0v) is 7.90. The molecule has 0 fully saturated rings. The topological polar surface area (TPSA) is 20.2 Å². The quantitative estimate of drug-likeness (QED) is 0.524. The number of aliphatic hydroxyl groups excluding tert-OH is 1. The average molecular weight is 184 g/mol. The van der Waals surface area contributed by atoms with Crippen LogP contribution in [0.15, 0.2) is 49.1 Å². The highest BCUT2D eigenvalue weighted by atomic mass is 16.2. The molecule has 0 aliphatic heterocycles. The summed E-state index contributed by atoms with van der Waals surface area (Å²) >= 11 is 0. The van der Waals surface area contributed by atoms with E-state index in [0.29, 0.717) is 0 Å². The fourth-order valence-corrected chi connectivity index (χ4v) is 0.514. The minimum atomic E-state index is 0.00829. The van der Waals surface area contributed by atoms with Crippen LogP contribution < -0.4 is 0 Å². The monoisotopic (exact) mass is 184 g/mol. The van der Waals surface area contributed by atoms with E-state index in [2.05, 4.69) is 30.3 Å². The lowest BCUT2D eigenvalue weighted by molar-refractivity contribution is 0.343. The van der Waals surface area contributed by atoms with E-state index in [1.54, 1.807) is 30.4 Å². The van der Waals surface area contributed by atoms with Crippen molar-refractivity contribution in [3.63, 3.8) is 0 Å². The van der Waals surface area contributed by atoms with Gasteiger partial charge in [-0.2, -0.15) is 0 Å². The van der Waals surface area contributed by atoms with Gasteiger partial charge in [-0.1, -0.05) is 48.8 Å². The molecule has 0 amide bonds. The van der Waals surface area contributed by atoms with E-state index >= 15 is 0 Å². The predicted octanol–water partition coefficient (Wildman–Crippen LogP) is 1.84. The van der Waals surface area contributed by atoms with Crippen molar-refractivity contribution < 1.29 is 5.11 Å². The maximum atomic E-state index is 8.37. The average Bonchev–Trinajstić information content (AvgIpc) is 2.21. The van der Waals surface area contributed by atoms with Crippen LogP contribution in [0.4, 0.5) is 0 Å². The summed E-state index contributed by atoms with van der Waals surface area (Å²) in [5, 5.41) is 8.37. The van der Waals surface area contributed by atoms with E-state index in [4.69, 9.17) is 5.11 Å².